The lowest BCUT2D eigenvalue weighted by Crippen LogP contribution is -1.99. The Balaban J connectivity index is 2.32. The van der Waals surface area contributed by atoms with E-state index >= 15 is 0 Å². The Morgan fingerprint density at radius 2 is 2.60 bits per heavy atom. The van der Waals surface area contributed by atoms with Crippen molar-refractivity contribution >= 4 is 0 Å². The second-order valence-electron chi connectivity index (χ2n) is 0.588. The van der Waals surface area contributed by atoms with Crippen LogP contribution in [0.15, 0.2) is 12.5 Å². The molecule has 0 aromatic heterocycles. The van der Waals surface area contributed by atoms with Gasteiger partial charge >= 0.3 is 0 Å². The van der Waals surface area contributed by atoms with Crippen molar-refractivity contribution < 1.29 is 4.84 Å². The summed E-state index contributed by atoms with van der Waals surface area (Å²) in [6, 6.07) is 0. The lowest BCUT2D eigenvalue weighted by molar-refractivity contribution is 0.124. The standard InChI is InChI=1S/C2H2N2O/c1-2-5-4-3-1/h1-2H. The number of nitrogens with zero attached hydrogens (tertiary/aromatic N) is 2. The zero-order valence-electron chi connectivity index (χ0n) is 2.46. The summed E-state index contributed by atoms with van der Waals surface area (Å²) in [5.41, 5.74) is 6.40. The lowest BCUT2D eigenvalue weighted by atomic mass is 11.0. The van der Waals surface area contributed by atoms with Gasteiger partial charge in [-0.2, -0.15) is 0 Å². The van der Waals surface area contributed by atoms with E-state index in [1.54, 1.807) is 0 Å². The molecule has 0 bridgehead atoms. The van der Waals surface area contributed by atoms with E-state index in [9.17, 15) is 0 Å². The molecule has 0 saturated heterocycles. The second-order valence-corrected chi connectivity index (χ2v) is 0.588. The third kappa shape index (κ3) is 0.302. The topological polar surface area (TPSA) is 37.4 Å². The van der Waals surface area contributed by atoms with Gasteiger partial charge in [-0.15, -0.1) is 5.43 Å². The molecular weight excluding hydrogens is 68.0 g/mol. The predicted octanol–water partition coefficient (Wildman–Crippen LogP) is -0.473. The molecule has 26 valence electrons. The van der Waals surface area contributed by atoms with Gasteiger partial charge in [-0.25, -0.2) is 0 Å². The Morgan fingerprint density at radius 3 is 2.80 bits per heavy atom. The van der Waals surface area contributed by atoms with Crippen molar-refractivity contribution in [3.8, 4) is 0 Å². The summed E-state index contributed by atoms with van der Waals surface area (Å²) in [6.07, 6.45) is 2.88. The van der Waals surface area contributed by atoms with Crippen LogP contribution in [0.1, 0.15) is 0 Å². The van der Waals surface area contributed by atoms with Crippen LogP contribution in [0, 0.1) is 0 Å². The van der Waals surface area contributed by atoms with Gasteiger partial charge in [0.1, 0.15) is 11.9 Å². The van der Waals surface area contributed by atoms with Crippen molar-refractivity contribution in [1.82, 2.24) is 11.0 Å². The van der Waals surface area contributed by atoms with E-state index in [0.29, 0.717) is 0 Å². The first-order valence-corrected chi connectivity index (χ1v) is 1.21. The number of hydrogen-bond acceptors (Lipinski definition) is 1. The minimum absolute atomic E-state index is 1.40. The van der Waals surface area contributed by atoms with Crippen molar-refractivity contribution in [2.45, 2.75) is 0 Å². The van der Waals surface area contributed by atoms with Gasteiger partial charge in [0, 0.05) is 0 Å². The quantitative estimate of drug-likeness (QED) is 0.379. The second kappa shape index (κ2) is 0.944. The van der Waals surface area contributed by atoms with E-state index in [1.807, 2.05) is 0 Å². The van der Waals surface area contributed by atoms with Crippen molar-refractivity contribution in [3.63, 3.8) is 0 Å². The summed E-state index contributed by atoms with van der Waals surface area (Å²) in [5.74, 6) is 0. The molecule has 1 aliphatic heterocycles. The largest absolute Gasteiger partial charge is 0.372 e. The molecule has 0 aromatic carbocycles. The predicted molar refractivity (Wildman–Crippen MR) is 14.5 cm³/mol. The number of hydrogen-bond donors (Lipinski definition) is 0. The van der Waals surface area contributed by atoms with Gasteiger partial charge in [0.25, 0.3) is 0 Å². The average molecular weight is 70.1 g/mol. The first-order chi connectivity index (χ1) is 2.50. The van der Waals surface area contributed by atoms with Crippen LogP contribution in [0.5, 0.6) is 0 Å². The molecule has 1 rings (SSSR count). The highest BCUT2D eigenvalue weighted by Gasteiger charge is 1.86. The monoisotopic (exact) mass is 70.0 g/mol. The van der Waals surface area contributed by atoms with Crippen molar-refractivity contribution in [3.05, 3.63) is 12.5 Å². The van der Waals surface area contributed by atoms with Crippen LogP contribution in [0.4, 0.5) is 0 Å². The molecule has 5 heavy (non-hydrogen) atoms. The minimum Gasteiger partial charge on any atom is -0.372 e. The van der Waals surface area contributed by atoms with Gasteiger partial charge in [-0.3, -0.25) is 0 Å². The van der Waals surface area contributed by atoms with Crippen molar-refractivity contribution in [2.75, 3.05) is 0 Å². The third-order valence-electron chi connectivity index (χ3n) is 0.283. The Labute approximate surface area is 29.5 Å². The molecule has 3 nitrogen and oxygen atoms in total. The summed E-state index contributed by atoms with van der Waals surface area (Å²) in [6.45, 7) is 0. The highest BCUT2D eigenvalue weighted by Crippen LogP contribution is 1.76. The molecule has 3 heteroatoms. The van der Waals surface area contributed by atoms with E-state index in [0.717, 1.165) is 0 Å². The number of rotatable bonds is 0. The molecule has 0 atom stereocenters. The van der Waals surface area contributed by atoms with Crippen LogP contribution < -0.4 is 11.0 Å². The average Bonchev–Trinajstić information content (AvgIpc) is 1.76. The third-order valence-corrected chi connectivity index (χ3v) is 0.283. The Hall–Kier alpha value is -0.700. The Morgan fingerprint density at radius 1 is 1.60 bits per heavy atom. The molecule has 1 aliphatic rings. The fourth-order valence-corrected chi connectivity index (χ4v) is 0.136. The van der Waals surface area contributed by atoms with Crippen molar-refractivity contribution in [2.24, 2.45) is 0 Å². The summed E-state index contributed by atoms with van der Waals surface area (Å²) in [5, 5.41) is 0. The van der Waals surface area contributed by atoms with Crippen LogP contribution in [0.3, 0.4) is 0 Å². The normalized spacial score (nSPS) is 17.6. The molecule has 0 fully saturated rings. The first-order valence-electron chi connectivity index (χ1n) is 1.21. The fourth-order valence-electron chi connectivity index (χ4n) is 0.136. The maximum absolute atomic E-state index is 4.22. The van der Waals surface area contributed by atoms with Gasteiger partial charge in [-0.1, -0.05) is 0 Å². The van der Waals surface area contributed by atoms with E-state index in [-0.39, 0.29) is 0 Å². The summed E-state index contributed by atoms with van der Waals surface area (Å²) < 4.78 is 0. The van der Waals surface area contributed by atoms with E-state index < -0.39 is 0 Å². The van der Waals surface area contributed by atoms with Gasteiger partial charge < -0.3 is 4.84 Å². The van der Waals surface area contributed by atoms with E-state index in [1.165, 1.54) is 12.5 Å². The SMILES string of the molecule is C1=CO[N][N]1. The molecule has 0 saturated carbocycles. The molecule has 2 radical (unpaired) electrons. The zero-order valence-corrected chi connectivity index (χ0v) is 2.46. The molecule has 0 N–H and O–H groups in total. The van der Waals surface area contributed by atoms with Gasteiger partial charge in [0.15, 0.2) is 0 Å². The zero-order chi connectivity index (χ0) is 3.54. The van der Waals surface area contributed by atoms with Crippen LogP contribution in [0.2, 0.25) is 0 Å². The molecule has 0 unspecified atom stereocenters. The summed E-state index contributed by atoms with van der Waals surface area (Å²) in [7, 11) is 0. The molecular formula is C2H2N2O. The highest BCUT2D eigenvalue weighted by molar-refractivity contribution is 4.68. The molecule has 1 heterocycles. The maximum Gasteiger partial charge on any atom is 0.135 e. The maximum atomic E-state index is 4.22. The van der Waals surface area contributed by atoms with E-state index in [2.05, 4.69) is 15.9 Å². The molecule has 0 amide bonds. The van der Waals surface area contributed by atoms with Crippen molar-refractivity contribution in [1.29, 1.82) is 0 Å². The van der Waals surface area contributed by atoms with E-state index in [4.69, 9.17) is 0 Å². The summed E-state index contributed by atoms with van der Waals surface area (Å²) in [4.78, 5) is 4.22. The Kier molecular flexibility index (Phi) is 0.478. The van der Waals surface area contributed by atoms with Crippen LogP contribution in [0.25, 0.3) is 0 Å². The lowest BCUT2D eigenvalue weighted by Gasteiger charge is -1.75. The molecule has 0 spiro atoms. The van der Waals surface area contributed by atoms with Crippen LogP contribution in [-0.4, -0.2) is 0 Å². The molecule has 0 aliphatic carbocycles. The fraction of sp³-hybridized carbons (Fsp3) is 0. The summed E-state index contributed by atoms with van der Waals surface area (Å²) >= 11 is 0. The van der Waals surface area contributed by atoms with Gasteiger partial charge in [-0.05, 0) is 0 Å². The van der Waals surface area contributed by atoms with Crippen LogP contribution >= 0.6 is 0 Å². The molecule has 0 aromatic rings. The highest BCUT2D eigenvalue weighted by atomic mass is 16.7. The first kappa shape index (κ1) is 2.53. The smallest absolute Gasteiger partial charge is 0.135 e. The van der Waals surface area contributed by atoms with Crippen LogP contribution in [-0.2, 0) is 4.84 Å². The van der Waals surface area contributed by atoms with Gasteiger partial charge in [0.05, 0.1) is 6.20 Å². The van der Waals surface area contributed by atoms with Gasteiger partial charge in [0.2, 0.25) is 0 Å². The minimum atomic E-state index is 1.40. The Bertz CT molecular complexity index is 45.6.